The molecule has 0 aromatic heterocycles. The Bertz CT molecular complexity index is 369. The summed E-state index contributed by atoms with van der Waals surface area (Å²) in [5.74, 6) is 0.115. The monoisotopic (exact) mass is 665 g/mol. The summed E-state index contributed by atoms with van der Waals surface area (Å²) in [4.78, 5) is 0. The van der Waals surface area contributed by atoms with Crippen molar-refractivity contribution in [1.82, 2.24) is 0 Å². The molecule has 3 fully saturated rings. The van der Waals surface area contributed by atoms with Crippen molar-refractivity contribution in [2.75, 3.05) is 13.2 Å². The summed E-state index contributed by atoms with van der Waals surface area (Å²) in [6.07, 6.45) is 59.4. The minimum Gasteiger partial charge on any atom is -0.396 e. The van der Waals surface area contributed by atoms with Gasteiger partial charge in [0.25, 0.3) is 0 Å². The fourth-order valence-electron chi connectivity index (χ4n) is 7.46. The molecule has 0 bridgehead atoms. The molecule has 47 heavy (non-hydrogen) atoms. The normalized spacial score (nSPS) is 19.4. The first kappa shape index (κ1) is 46.9. The van der Waals surface area contributed by atoms with Crippen LogP contribution >= 0.6 is 0 Å². The van der Waals surface area contributed by atoms with Gasteiger partial charge < -0.3 is 10.2 Å². The fraction of sp³-hybridized carbons (Fsp3) is 1.00. The van der Waals surface area contributed by atoms with Crippen LogP contribution < -0.4 is 0 Å². The second kappa shape index (κ2) is 43.9. The lowest BCUT2D eigenvalue weighted by molar-refractivity contribution is 0.141. The van der Waals surface area contributed by atoms with Crippen molar-refractivity contribution in [3.63, 3.8) is 0 Å². The molecule has 0 aromatic carbocycles. The van der Waals surface area contributed by atoms with E-state index in [9.17, 15) is 0 Å². The zero-order valence-corrected chi connectivity index (χ0v) is 32.9. The van der Waals surface area contributed by atoms with Crippen LogP contribution in [0.1, 0.15) is 270 Å². The van der Waals surface area contributed by atoms with Crippen LogP contribution in [0.4, 0.5) is 0 Å². The maximum Gasteiger partial charge on any atom is 0.0481 e. The molecule has 0 atom stereocenters. The van der Waals surface area contributed by atoms with E-state index in [2.05, 4.69) is 6.92 Å². The summed E-state index contributed by atoms with van der Waals surface area (Å²) in [5.41, 5.74) is 0. The Hall–Kier alpha value is -0.0800. The first-order chi connectivity index (χ1) is 23.3. The quantitative estimate of drug-likeness (QED) is 0.192. The fourth-order valence-corrected chi connectivity index (χ4v) is 7.46. The van der Waals surface area contributed by atoms with E-state index < -0.39 is 0 Å². The predicted molar refractivity (Wildman–Crippen MR) is 213 cm³/mol. The van der Waals surface area contributed by atoms with E-state index in [4.69, 9.17) is 10.2 Å². The summed E-state index contributed by atoms with van der Waals surface area (Å²) in [5, 5.41) is 17.8. The van der Waals surface area contributed by atoms with Crippen LogP contribution in [0.5, 0.6) is 0 Å². The Morgan fingerprint density at radius 3 is 0.617 bits per heavy atom. The standard InChI is InChI=1S/C15H32O2.3C10H20/c1-2-3-4-5-6-7-8-9-10-11-12-15(13-16)14-17;3*1-2-4-6-8-10-9-7-5-3-1/h15-17H,2-14H2,1H3;3*1-10H2. The number of aliphatic hydroxyl groups excluding tert-OH is 2. The molecule has 3 aliphatic rings. The molecule has 2 nitrogen and oxygen atoms in total. The lowest BCUT2D eigenvalue weighted by Gasteiger charge is -2.09. The summed E-state index contributed by atoms with van der Waals surface area (Å²) < 4.78 is 0. The highest BCUT2D eigenvalue weighted by molar-refractivity contribution is 4.57. The minimum atomic E-state index is 0.115. The third-order valence-electron chi connectivity index (χ3n) is 11.0. The summed E-state index contributed by atoms with van der Waals surface area (Å²) >= 11 is 0. The number of hydrogen-bond acceptors (Lipinski definition) is 2. The van der Waals surface area contributed by atoms with Crippen LogP contribution in [0, 0.1) is 5.92 Å². The summed E-state index contributed by atoms with van der Waals surface area (Å²) in [6.45, 7) is 2.52. The van der Waals surface area contributed by atoms with Crippen LogP contribution in [0.15, 0.2) is 0 Å². The van der Waals surface area contributed by atoms with Gasteiger partial charge >= 0.3 is 0 Å². The average Bonchev–Trinajstić information content (AvgIpc) is 3.12. The second-order valence-electron chi connectivity index (χ2n) is 15.8. The topological polar surface area (TPSA) is 40.5 Å². The number of hydrogen-bond donors (Lipinski definition) is 2. The maximum atomic E-state index is 8.91. The molecule has 0 unspecified atom stereocenters. The molecule has 2 heteroatoms. The van der Waals surface area contributed by atoms with Crippen LogP contribution in [0.2, 0.25) is 0 Å². The smallest absolute Gasteiger partial charge is 0.0481 e. The van der Waals surface area contributed by atoms with Crippen molar-refractivity contribution in [3.8, 4) is 0 Å². The van der Waals surface area contributed by atoms with Crippen LogP contribution in [-0.2, 0) is 0 Å². The van der Waals surface area contributed by atoms with Gasteiger partial charge in [0.05, 0.1) is 0 Å². The van der Waals surface area contributed by atoms with E-state index in [-0.39, 0.29) is 19.1 Å². The summed E-state index contributed by atoms with van der Waals surface area (Å²) in [7, 11) is 0. The largest absolute Gasteiger partial charge is 0.396 e. The van der Waals surface area contributed by atoms with Gasteiger partial charge in [-0.1, -0.05) is 264 Å². The Morgan fingerprint density at radius 2 is 0.447 bits per heavy atom. The maximum absolute atomic E-state index is 8.91. The molecule has 0 radical (unpaired) electrons. The van der Waals surface area contributed by atoms with Crippen LogP contribution in [-0.4, -0.2) is 23.4 Å². The molecule has 0 heterocycles. The molecule has 0 aliphatic heterocycles. The molecular formula is C45H92O2. The number of aliphatic hydroxyl groups is 2. The van der Waals surface area contributed by atoms with Crippen molar-refractivity contribution in [2.45, 2.75) is 270 Å². The molecule has 0 amide bonds. The van der Waals surface area contributed by atoms with E-state index in [0.29, 0.717) is 0 Å². The van der Waals surface area contributed by atoms with Crippen molar-refractivity contribution < 1.29 is 10.2 Å². The summed E-state index contributed by atoms with van der Waals surface area (Å²) in [6, 6.07) is 0. The molecule has 3 rings (SSSR count). The van der Waals surface area contributed by atoms with E-state index >= 15 is 0 Å². The number of rotatable bonds is 13. The first-order valence-corrected chi connectivity index (χ1v) is 22.6. The van der Waals surface area contributed by atoms with Crippen LogP contribution in [0.3, 0.4) is 0 Å². The third-order valence-corrected chi connectivity index (χ3v) is 11.0. The molecule has 2 N–H and O–H groups in total. The Kier molecular flexibility index (Phi) is 43.9. The Balaban J connectivity index is 0.000000618. The van der Waals surface area contributed by atoms with Gasteiger partial charge in [0.15, 0.2) is 0 Å². The number of unbranched alkanes of at least 4 members (excludes halogenated alkanes) is 9. The highest BCUT2D eigenvalue weighted by atomic mass is 16.3. The van der Waals surface area contributed by atoms with Crippen molar-refractivity contribution >= 4 is 0 Å². The van der Waals surface area contributed by atoms with Gasteiger partial charge in [-0.15, -0.1) is 0 Å². The Morgan fingerprint density at radius 1 is 0.277 bits per heavy atom. The zero-order valence-electron chi connectivity index (χ0n) is 32.9. The highest BCUT2D eigenvalue weighted by Crippen LogP contribution is 2.18. The van der Waals surface area contributed by atoms with E-state index in [1.165, 1.54) is 250 Å². The van der Waals surface area contributed by atoms with Crippen molar-refractivity contribution in [1.29, 1.82) is 0 Å². The van der Waals surface area contributed by atoms with Gasteiger partial charge in [-0.05, 0) is 6.42 Å². The average molecular weight is 665 g/mol. The van der Waals surface area contributed by atoms with E-state index in [1.54, 1.807) is 0 Å². The van der Waals surface area contributed by atoms with Gasteiger partial charge in [0.2, 0.25) is 0 Å². The zero-order chi connectivity index (χ0) is 34.0. The molecule has 284 valence electrons. The van der Waals surface area contributed by atoms with Gasteiger partial charge in [-0.25, -0.2) is 0 Å². The van der Waals surface area contributed by atoms with E-state index in [1.807, 2.05) is 0 Å². The predicted octanol–water partition coefficient (Wildman–Crippen LogP) is 15.6. The molecule has 0 aromatic rings. The van der Waals surface area contributed by atoms with Gasteiger partial charge in [0.1, 0.15) is 0 Å². The van der Waals surface area contributed by atoms with Gasteiger partial charge in [-0.2, -0.15) is 0 Å². The molecular weight excluding hydrogens is 572 g/mol. The molecule has 0 spiro atoms. The molecule has 3 aliphatic carbocycles. The van der Waals surface area contributed by atoms with Crippen LogP contribution in [0.25, 0.3) is 0 Å². The lowest BCUT2D eigenvalue weighted by Crippen LogP contribution is -2.10. The lowest BCUT2D eigenvalue weighted by atomic mass is 10.0. The highest BCUT2D eigenvalue weighted by Gasteiger charge is 2.04. The Labute approximate surface area is 298 Å². The molecule has 3 saturated carbocycles. The SMILES string of the molecule is C1CCCCCCCCC1.C1CCCCCCCCC1.C1CCCCCCCCC1.CCCCCCCCCCCCC(CO)CO. The van der Waals surface area contributed by atoms with Crippen molar-refractivity contribution in [3.05, 3.63) is 0 Å². The minimum absolute atomic E-state index is 0.115. The second-order valence-corrected chi connectivity index (χ2v) is 15.8. The van der Waals surface area contributed by atoms with Gasteiger partial charge in [0, 0.05) is 19.1 Å². The third kappa shape index (κ3) is 42.0. The van der Waals surface area contributed by atoms with E-state index in [0.717, 1.165) is 12.8 Å². The first-order valence-electron chi connectivity index (χ1n) is 22.6. The van der Waals surface area contributed by atoms with Crippen molar-refractivity contribution in [2.24, 2.45) is 5.92 Å². The molecule has 0 saturated heterocycles. The van der Waals surface area contributed by atoms with Gasteiger partial charge in [-0.3, -0.25) is 0 Å².